The van der Waals surface area contributed by atoms with Crippen molar-refractivity contribution in [3.8, 4) is 0 Å². The first kappa shape index (κ1) is 15.9. The second-order valence-corrected chi connectivity index (χ2v) is 5.86. The Bertz CT molecular complexity index is 650. The van der Waals surface area contributed by atoms with E-state index in [9.17, 15) is 9.18 Å². The fourth-order valence-corrected chi connectivity index (χ4v) is 2.84. The number of halogens is 2. The van der Waals surface area contributed by atoms with Crippen LogP contribution in [0, 0.1) is 5.82 Å². The fourth-order valence-electron chi connectivity index (χ4n) is 2.62. The molecule has 0 atom stereocenters. The van der Waals surface area contributed by atoms with E-state index < -0.39 is 0 Å². The molecule has 0 saturated carbocycles. The molecule has 1 saturated heterocycles. The van der Waals surface area contributed by atoms with Gasteiger partial charge in [-0.1, -0.05) is 22.9 Å². The summed E-state index contributed by atoms with van der Waals surface area (Å²) in [6, 6.07) is 4.71. The Balaban J connectivity index is 1.53. The quantitative estimate of drug-likeness (QED) is 0.846. The molecular formula is C15H17ClFN5O. The molecule has 0 unspecified atom stereocenters. The lowest BCUT2D eigenvalue weighted by atomic mass is 10.2. The summed E-state index contributed by atoms with van der Waals surface area (Å²) < 4.78 is 15.3. The van der Waals surface area contributed by atoms with Crippen LogP contribution in [0.1, 0.15) is 5.56 Å². The lowest BCUT2D eigenvalue weighted by molar-refractivity contribution is -0.133. The zero-order chi connectivity index (χ0) is 16.2. The Hall–Kier alpha value is -1.99. The number of benzene rings is 1. The second-order valence-electron chi connectivity index (χ2n) is 5.46. The lowest BCUT2D eigenvalue weighted by Gasteiger charge is -2.34. The number of carbonyl (C=O) groups excluding carboxylic acids is 1. The smallest absolute Gasteiger partial charge is 0.244 e. The van der Waals surface area contributed by atoms with Crippen molar-refractivity contribution in [3.63, 3.8) is 0 Å². The van der Waals surface area contributed by atoms with Crippen LogP contribution >= 0.6 is 11.6 Å². The molecule has 8 heteroatoms. The van der Waals surface area contributed by atoms with Gasteiger partial charge < -0.3 is 4.90 Å². The molecule has 1 amide bonds. The van der Waals surface area contributed by atoms with Crippen LogP contribution in [-0.2, 0) is 17.9 Å². The van der Waals surface area contributed by atoms with Crippen molar-refractivity contribution in [2.24, 2.45) is 0 Å². The first-order chi connectivity index (χ1) is 11.1. The van der Waals surface area contributed by atoms with Crippen LogP contribution in [0.4, 0.5) is 4.39 Å². The summed E-state index contributed by atoms with van der Waals surface area (Å²) in [5.41, 5.74) is 0.511. The number of piperazine rings is 1. The van der Waals surface area contributed by atoms with Gasteiger partial charge in [0.2, 0.25) is 5.91 Å². The SMILES string of the molecule is O=C(Cn1ccnn1)N1CCN(Cc2c(F)cccc2Cl)CC1. The van der Waals surface area contributed by atoms with Crippen molar-refractivity contribution in [1.29, 1.82) is 0 Å². The Labute approximate surface area is 138 Å². The molecule has 1 aromatic heterocycles. The van der Waals surface area contributed by atoms with Crippen LogP contribution in [0.3, 0.4) is 0 Å². The van der Waals surface area contributed by atoms with Gasteiger partial charge in [-0.05, 0) is 12.1 Å². The molecule has 0 aliphatic carbocycles. The molecule has 0 spiro atoms. The van der Waals surface area contributed by atoms with Crippen LogP contribution < -0.4 is 0 Å². The molecule has 0 N–H and O–H groups in total. The van der Waals surface area contributed by atoms with Crippen molar-refractivity contribution in [3.05, 3.63) is 47.0 Å². The van der Waals surface area contributed by atoms with Crippen LogP contribution in [0.25, 0.3) is 0 Å². The Morgan fingerprint density at radius 3 is 2.70 bits per heavy atom. The summed E-state index contributed by atoms with van der Waals surface area (Å²) in [5.74, 6) is -0.277. The van der Waals surface area contributed by atoms with E-state index in [1.165, 1.54) is 10.7 Å². The molecule has 6 nitrogen and oxygen atoms in total. The molecule has 1 aliphatic heterocycles. The average Bonchev–Trinajstić information content (AvgIpc) is 3.04. The van der Waals surface area contributed by atoms with E-state index in [1.54, 1.807) is 29.4 Å². The maximum atomic E-state index is 13.8. The largest absolute Gasteiger partial charge is 0.339 e. The highest BCUT2D eigenvalue weighted by atomic mass is 35.5. The van der Waals surface area contributed by atoms with E-state index in [2.05, 4.69) is 15.2 Å². The average molecular weight is 338 g/mol. The highest BCUT2D eigenvalue weighted by molar-refractivity contribution is 6.31. The summed E-state index contributed by atoms with van der Waals surface area (Å²) in [4.78, 5) is 16.1. The third kappa shape index (κ3) is 3.86. The molecule has 2 aromatic rings. The number of amides is 1. The van der Waals surface area contributed by atoms with Gasteiger partial charge in [0.1, 0.15) is 12.4 Å². The van der Waals surface area contributed by atoms with Crippen LogP contribution in [0.2, 0.25) is 5.02 Å². The van der Waals surface area contributed by atoms with Crippen LogP contribution in [0.5, 0.6) is 0 Å². The Kier molecular flexibility index (Phi) is 4.88. The van der Waals surface area contributed by atoms with Gasteiger partial charge in [0.15, 0.2) is 0 Å². The number of hydrogen-bond donors (Lipinski definition) is 0. The van der Waals surface area contributed by atoms with Crippen molar-refractivity contribution < 1.29 is 9.18 Å². The van der Waals surface area contributed by atoms with Crippen LogP contribution in [-0.4, -0.2) is 56.9 Å². The maximum Gasteiger partial charge on any atom is 0.244 e. The molecule has 0 radical (unpaired) electrons. The van der Waals surface area contributed by atoms with Crippen molar-refractivity contribution in [1.82, 2.24) is 24.8 Å². The van der Waals surface area contributed by atoms with Gasteiger partial charge in [-0.2, -0.15) is 0 Å². The molecule has 1 fully saturated rings. The zero-order valence-corrected chi connectivity index (χ0v) is 13.3. The Morgan fingerprint density at radius 1 is 1.26 bits per heavy atom. The van der Waals surface area contributed by atoms with Crippen molar-refractivity contribution in [2.75, 3.05) is 26.2 Å². The van der Waals surface area contributed by atoms with Gasteiger partial charge in [-0.15, -0.1) is 5.10 Å². The standard InChI is InChI=1S/C15H17ClFN5O/c16-13-2-1-3-14(17)12(13)10-20-6-8-21(9-7-20)15(23)11-22-5-4-18-19-22/h1-5H,6-11H2. The number of aromatic nitrogens is 3. The molecule has 2 heterocycles. The minimum Gasteiger partial charge on any atom is -0.339 e. The first-order valence-electron chi connectivity index (χ1n) is 7.40. The number of carbonyl (C=O) groups is 1. The van der Waals surface area contributed by atoms with E-state index in [4.69, 9.17) is 11.6 Å². The predicted octanol–water partition coefficient (Wildman–Crippen LogP) is 1.41. The summed E-state index contributed by atoms with van der Waals surface area (Å²) in [6.07, 6.45) is 3.21. The molecular weight excluding hydrogens is 321 g/mol. The van der Waals surface area contributed by atoms with Gasteiger partial charge in [0, 0.05) is 49.5 Å². The topological polar surface area (TPSA) is 54.3 Å². The highest BCUT2D eigenvalue weighted by Crippen LogP contribution is 2.21. The zero-order valence-electron chi connectivity index (χ0n) is 12.5. The molecule has 1 aromatic carbocycles. The van der Waals surface area contributed by atoms with Gasteiger partial charge in [0.05, 0.1) is 6.20 Å². The summed E-state index contributed by atoms with van der Waals surface area (Å²) in [7, 11) is 0. The Morgan fingerprint density at radius 2 is 2.04 bits per heavy atom. The molecule has 3 rings (SSSR count). The maximum absolute atomic E-state index is 13.8. The van der Waals surface area contributed by atoms with E-state index in [1.807, 2.05) is 0 Å². The second kappa shape index (κ2) is 7.06. The molecule has 122 valence electrons. The van der Waals surface area contributed by atoms with Gasteiger partial charge in [-0.3, -0.25) is 9.69 Å². The summed E-state index contributed by atoms with van der Waals surface area (Å²) >= 11 is 6.06. The summed E-state index contributed by atoms with van der Waals surface area (Å²) in [5, 5.41) is 7.91. The van der Waals surface area contributed by atoms with Crippen molar-refractivity contribution >= 4 is 17.5 Å². The number of hydrogen-bond acceptors (Lipinski definition) is 4. The first-order valence-corrected chi connectivity index (χ1v) is 7.78. The fraction of sp³-hybridized carbons (Fsp3) is 0.400. The third-order valence-electron chi connectivity index (χ3n) is 3.94. The molecule has 1 aliphatic rings. The minimum absolute atomic E-state index is 0.0130. The van der Waals surface area contributed by atoms with Gasteiger partial charge in [0.25, 0.3) is 0 Å². The van der Waals surface area contributed by atoms with Gasteiger partial charge >= 0.3 is 0 Å². The predicted molar refractivity (Wildman–Crippen MR) is 83.3 cm³/mol. The normalized spacial score (nSPS) is 15.8. The van der Waals surface area contributed by atoms with E-state index in [0.717, 1.165) is 0 Å². The highest BCUT2D eigenvalue weighted by Gasteiger charge is 2.22. The number of rotatable bonds is 4. The van der Waals surface area contributed by atoms with Crippen molar-refractivity contribution in [2.45, 2.75) is 13.1 Å². The van der Waals surface area contributed by atoms with E-state index >= 15 is 0 Å². The molecule has 23 heavy (non-hydrogen) atoms. The van der Waals surface area contributed by atoms with Crippen LogP contribution in [0.15, 0.2) is 30.6 Å². The third-order valence-corrected chi connectivity index (χ3v) is 4.29. The number of nitrogens with zero attached hydrogens (tertiary/aromatic N) is 5. The summed E-state index contributed by atoms with van der Waals surface area (Å²) in [6.45, 7) is 3.25. The van der Waals surface area contributed by atoms with Gasteiger partial charge in [-0.25, -0.2) is 9.07 Å². The van der Waals surface area contributed by atoms with E-state index in [0.29, 0.717) is 43.3 Å². The molecule has 0 bridgehead atoms. The monoisotopic (exact) mass is 337 g/mol. The van der Waals surface area contributed by atoms with E-state index in [-0.39, 0.29) is 18.3 Å². The minimum atomic E-state index is -0.290. The lowest BCUT2D eigenvalue weighted by Crippen LogP contribution is -2.49.